The summed E-state index contributed by atoms with van der Waals surface area (Å²) in [5.74, 6) is 0.777. The molecule has 3 aromatic rings. The maximum absolute atomic E-state index is 12.3. The van der Waals surface area contributed by atoms with Crippen LogP contribution in [0.2, 0.25) is 0 Å². The van der Waals surface area contributed by atoms with Gasteiger partial charge in [0.05, 0.1) is 5.75 Å². The Morgan fingerprint density at radius 2 is 1.90 bits per heavy atom. The number of rotatable bonds is 7. The number of carbonyl (C=O) groups excluding carboxylic acids is 1. The van der Waals surface area contributed by atoms with Crippen molar-refractivity contribution < 1.29 is 4.79 Å². The molecule has 0 saturated heterocycles. The number of nitrogens with one attached hydrogen (secondary N) is 3. The van der Waals surface area contributed by atoms with Crippen LogP contribution in [0.4, 0.5) is 0 Å². The molecule has 3 N–H and O–H groups in total. The average molecular weight is 427 g/mol. The van der Waals surface area contributed by atoms with Crippen LogP contribution < -0.4 is 16.6 Å². The monoisotopic (exact) mass is 426 g/mol. The first-order valence-electron chi connectivity index (χ1n) is 9.83. The third-order valence-electron chi connectivity index (χ3n) is 4.93. The van der Waals surface area contributed by atoms with Crippen LogP contribution in [0, 0.1) is 0 Å². The highest BCUT2D eigenvalue weighted by molar-refractivity contribution is 7.99. The lowest BCUT2D eigenvalue weighted by Gasteiger charge is -2.12. The van der Waals surface area contributed by atoms with Gasteiger partial charge in [-0.2, -0.15) is 0 Å². The van der Waals surface area contributed by atoms with Crippen molar-refractivity contribution in [3.05, 3.63) is 68.8 Å². The normalized spacial score (nSPS) is 14.1. The Bertz CT molecular complexity index is 1100. The molecule has 0 atom stereocenters. The van der Waals surface area contributed by atoms with Gasteiger partial charge in [-0.1, -0.05) is 42.8 Å². The van der Waals surface area contributed by atoms with Gasteiger partial charge in [-0.05, 0) is 25.0 Å². The van der Waals surface area contributed by atoms with Gasteiger partial charge in [-0.25, -0.2) is 4.79 Å². The van der Waals surface area contributed by atoms with Crippen LogP contribution in [-0.4, -0.2) is 42.4 Å². The van der Waals surface area contributed by atoms with Crippen molar-refractivity contribution in [2.75, 3.05) is 5.75 Å². The largest absolute Gasteiger partial charge is 0.353 e. The maximum atomic E-state index is 12.3. The van der Waals surface area contributed by atoms with Crippen LogP contribution in [-0.2, 0) is 11.2 Å². The van der Waals surface area contributed by atoms with Gasteiger partial charge in [0, 0.05) is 29.9 Å². The fourth-order valence-corrected chi connectivity index (χ4v) is 4.38. The van der Waals surface area contributed by atoms with Crippen molar-refractivity contribution in [3.63, 3.8) is 0 Å². The van der Waals surface area contributed by atoms with E-state index in [1.807, 2.05) is 34.9 Å². The van der Waals surface area contributed by atoms with Crippen LogP contribution in [0.15, 0.2) is 51.1 Å². The lowest BCUT2D eigenvalue weighted by Crippen LogP contribution is -2.33. The maximum Gasteiger partial charge on any atom is 0.325 e. The summed E-state index contributed by atoms with van der Waals surface area (Å²) in [5.41, 5.74) is 0.228. The lowest BCUT2D eigenvalue weighted by molar-refractivity contribution is -0.119. The van der Waals surface area contributed by atoms with Crippen molar-refractivity contribution in [2.45, 2.75) is 43.3 Å². The standard InChI is InChI=1S/C20H22N6O3S/c27-17-11-14(22-19(29)23-17)10-16-24-25-20(26(16)15-8-2-1-3-9-15)30-12-18(28)21-13-6-4-5-7-13/h1-3,8-9,11,13H,4-7,10,12H2,(H,21,28)(H2,22,23,27,29). The van der Waals surface area contributed by atoms with E-state index in [1.54, 1.807) is 0 Å². The zero-order valence-corrected chi connectivity index (χ0v) is 17.1. The summed E-state index contributed by atoms with van der Waals surface area (Å²) in [6, 6.07) is 11.1. The van der Waals surface area contributed by atoms with E-state index in [9.17, 15) is 14.4 Å². The Morgan fingerprint density at radius 3 is 2.63 bits per heavy atom. The lowest BCUT2D eigenvalue weighted by atomic mass is 10.2. The molecule has 0 spiro atoms. The molecule has 156 valence electrons. The first-order valence-corrected chi connectivity index (χ1v) is 10.8. The predicted molar refractivity (Wildman–Crippen MR) is 113 cm³/mol. The van der Waals surface area contributed by atoms with Crippen molar-refractivity contribution in [3.8, 4) is 5.69 Å². The minimum atomic E-state index is -0.568. The fraction of sp³-hybridized carbons (Fsp3) is 0.350. The van der Waals surface area contributed by atoms with E-state index in [2.05, 4.69) is 25.5 Å². The van der Waals surface area contributed by atoms with Gasteiger partial charge in [-0.15, -0.1) is 10.2 Å². The second-order valence-corrected chi connectivity index (χ2v) is 8.14. The van der Waals surface area contributed by atoms with Gasteiger partial charge >= 0.3 is 5.69 Å². The fourth-order valence-electron chi connectivity index (χ4n) is 3.60. The topological polar surface area (TPSA) is 126 Å². The second kappa shape index (κ2) is 9.12. The van der Waals surface area contributed by atoms with Crippen LogP contribution in [0.1, 0.15) is 37.2 Å². The number of hydrogen-bond acceptors (Lipinski definition) is 6. The number of aromatic nitrogens is 5. The molecule has 9 nitrogen and oxygen atoms in total. The molecule has 0 unspecified atom stereocenters. The van der Waals surface area contributed by atoms with Gasteiger partial charge in [0.25, 0.3) is 5.56 Å². The van der Waals surface area contributed by atoms with Crippen LogP contribution in [0.25, 0.3) is 5.69 Å². The molecule has 2 aromatic heterocycles. The number of para-hydroxylation sites is 1. The van der Waals surface area contributed by atoms with Crippen LogP contribution in [0.3, 0.4) is 0 Å². The predicted octanol–water partition coefficient (Wildman–Crippen LogP) is 1.39. The van der Waals surface area contributed by atoms with Crippen LogP contribution >= 0.6 is 11.8 Å². The van der Waals surface area contributed by atoms with Gasteiger partial charge in [0.15, 0.2) is 5.16 Å². The summed E-state index contributed by atoms with van der Waals surface area (Å²) >= 11 is 1.31. The first-order chi connectivity index (χ1) is 14.6. The molecule has 30 heavy (non-hydrogen) atoms. The number of benzene rings is 1. The summed E-state index contributed by atoms with van der Waals surface area (Å²) < 4.78 is 1.84. The SMILES string of the molecule is O=C(CSc1nnc(Cc2cc(=O)[nH]c(=O)[nH]2)n1-c1ccccc1)NC1CCCC1. The van der Waals surface area contributed by atoms with Crippen molar-refractivity contribution >= 4 is 17.7 Å². The zero-order valence-electron chi connectivity index (χ0n) is 16.3. The molecule has 1 aliphatic rings. The minimum absolute atomic E-state index is 0.0185. The number of nitrogens with zero attached hydrogens (tertiary/aromatic N) is 3. The highest BCUT2D eigenvalue weighted by Crippen LogP contribution is 2.23. The van der Waals surface area contributed by atoms with Gasteiger partial charge in [-0.3, -0.25) is 19.1 Å². The molecular formula is C20H22N6O3S. The molecule has 1 aliphatic carbocycles. The van der Waals surface area contributed by atoms with E-state index in [0.717, 1.165) is 31.4 Å². The van der Waals surface area contributed by atoms with E-state index >= 15 is 0 Å². The molecule has 10 heteroatoms. The molecule has 0 bridgehead atoms. The number of H-pyrrole nitrogens is 2. The molecule has 0 radical (unpaired) electrons. The van der Waals surface area contributed by atoms with Gasteiger partial charge in [0.1, 0.15) is 5.82 Å². The van der Waals surface area contributed by atoms with Crippen molar-refractivity contribution in [1.29, 1.82) is 0 Å². The molecule has 1 fully saturated rings. The zero-order chi connectivity index (χ0) is 20.9. The van der Waals surface area contributed by atoms with Crippen LogP contribution in [0.5, 0.6) is 0 Å². The number of aromatic amines is 2. The summed E-state index contributed by atoms with van der Waals surface area (Å²) in [6.45, 7) is 0. The Balaban J connectivity index is 1.56. The highest BCUT2D eigenvalue weighted by Gasteiger charge is 2.19. The number of carbonyl (C=O) groups is 1. The number of amides is 1. The van der Waals surface area contributed by atoms with Gasteiger partial charge < -0.3 is 10.3 Å². The number of hydrogen-bond donors (Lipinski definition) is 3. The molecule has 1 amide bonds. The molecule has 1 aromatic carbocycles. The molecule has 4 rings (SSSR count). The molecule has 2 heterocycles. The first kappa shape index (κ1) is 20.1. The highest BCUT2D eigenvalue weighted by atomic mass is 32.2. The Labute approximate surface area is 176 Å². The Morgan fingerprint density at radius 1 is 1.13 bits per heavy atom. The summed E-state index contributed by atoms with van der Waals surface area (Å²) in [5, 5.41) is 12.2. The summed E-state index contributed by atoms with van der Waals surface area (Å²) in [4.78, 5) is 40.3. The smallest absolute Gasteiger partial charge is 0.325 e. The van der Waals surface area contributed by atoms with Crippen molar-refractivity contribution in [1.82, 2.24) is 30.0 Å². The Kier molecular flexibility index (Phi) is 6.12. The quantitative estimate of drug-likeness (QED) is 0.490. The Hall–Kier alpha value is -3.14. The van der Waals surface area contributed by atoms with E-state index in [4.69, 9.17) is 0 Å². The van der Waals surface area contributed by atoms with E-state index < -0.39 is 11.2 Å². The molecular weight excluding hydrogens is 404 g/mol. The summed E-state index contributed by atoms with van der Waals surface area (Å²) in [7, 11) is 0. The average Bonchev–Trinajstić information content (AvgIpc) is 3.36. The van der Waals surface area contributed by atoms with Crippen molar-refractivity contribution in [2.24, 2.45) is 0 Å². The third-order valence-corrected chi connectivity index (χ3v) is 5.86. The van der Waals surface area contributed by atoms with Gasteiger partial charge in [0.2, 0.25) is 5.91 Å². The van der Waals surface area contributed by atoms with E-state index in [0.29, 0.717) is 16.7 Å². The number of thioether (sulfide) groups is 1. The summed E-state index contributed by atoms with van der Waals surface area (Å²) in [6.07, 6.45) is 4.61. The van der Waals surface area contributed by atoms with E-state index in [1.165, 1.54) is 17.8 Å². The second-order valence-electron chi connectivity index (χ2n) is 7.20. The molecule has 0 aliphatic heterocycles. The third kappa shape index (κ3) is 4.88. The minimum Gasteiger partial charge on any atom is -0.353 e. The molecule has 1 saturated carbocycles. The van der Waals surface area contributed by atoms with E-state index in [-0.39, 0.29) is 24.1 Å².